The molecule has 4 nitrogen and oxygen atoms in total. The van der Waals surface area contributed by atoms with Gasteiger partial charge < -0.3 is 9.47 Å². The standard InChI is InChI=1S/C11H9NO3/c1-14-11(13)9-3-2-7(6-12)8-4-5-15-10(8)9/h2-3H,4-5H2,1H3. The number of nitrogens with zero attached hydrogens (tertiary/aromatic N) is 1. The molecule has 1 aliphatic heterocycles. The van der Waals surface area contributed by atoms with Crippen molar-refractivity contribution in [2.24, 2.45) is 0 Å². The molecule has 1 aromatic rings. The minimum atomic E-state index is -0.433. The molecule has 15 heavy (non-hydrogen) atoms. The number of methoxy groups -OCH3 is 1. The summed E-state index contributed by atoms with van der Waals surface area (Å²) in [4.78, 5) is 11.4. The van der Waals surface area contributed by atoms with Gasteiger partial charge in [0.25, 0.3) is 0 Å². The predicted octanol–water partition coefficient (Wildman–Crippen LogP) is 1.28. The van der Waals surface area contributed by atoms with E-state index in [4.69, 9.17) is 10.00 Å². The van der Waals surface area contributed by atoms with E-state index in [9.17, 15) is 4.79 Å². The van der Waals surface area contributed by atoms with E-state index in [1.54, 1.807) is 12.1 Å². The van der Waals surface area contributed by atoms with Crippen molar-refractivity contribution in [2.75, 3.05) is 13.7 Å². The van der Waals surface area contributed by atoms with Crippen LogP contribution in [0.2, 0.25) is 0 Å². The van der Waals surface area contributed by atoms with Gasteiger partial charge in [-0.05, 0) is 12.1 Å². The fraction of sp³-hybridized carbons (Fsp3) is 0.273. The topological polar surface area (TPSA) is 59.3 Å². The number of ether oxygens (including phenoxy) is 2. The van der Waals surface area contributed by atoms with Gasteiger partial charge in [-0.1, -0.05) is 0 Å². The van der Waals surface area contributed by atoms with Crippen LogP contribution in [0, 0.1) is 11.3 Å². The Morgan fingerprint density at radius 1 is 1.60 bits per heavy atom. The van der Waals surface area contributed by atoms with Gasteiger partial charge in [0, 0.05) is 12.0 Å². The van der Waals surface area contributed by atoms with Gasteiger partial charge in [-0.25, -0.2) is 4.79 Å². The van der Waals surface area contributed by atoms with Crippen LogP contribution in [-0.2, 0) is 11.2 Å². The molecular weight excluding hydrogens is 194 g/mol. The van der Waals surface area contributed by atoms with E-state index in [-0.39, 0.29) is 0 Å². The van der Waals surface area contributed by atoms with Crippen molar-refractivity contribution in [1.29, 1.82) is 5.26 Å². The third-order valence-electron chi connectivity index (χ3n) is 2.38. The number of rotatable bonds is 1. The number of fused-ring (bicyclic) bond motifs is 1. The minimum absolute atomic E-state index is 0.393. The Morgan fingerprint density at radius 2 is 2.40 bits per heavy atom. The van der Waals surface area contributed by atoms with Crippen LogP contribution in [0.1, 0.15) is 21.5 Å². The highest BCUT2D eigenvalue weighted by molar-refractivity contribution is 5.93. The zero-order valence-electron chi connectivity index (χ0n) is 8.24. The van der Waals surface area contributed by atoms with Crippen LogP contribution < -0.4 is 4.74 Å². The molecule has 0 atom stereocenters. The first-order chi connectivity index (χ1) is 7.27. The fourth-order valence-electron chi connectivity index (χ4n) is 1.67. The average molecular weight is 203 g/mol. The van der Waals surface area contributed by atoms with Gasteiger partial charge in [0.2, 0.25) is 0 Å². The van der Waals surface area contributed by atoms with E-state index in [1.807, 2.05) is 0 Å². The summed E-state index contributed by atoms with van der Waals surface area (Å²) in [7, 11) is 1.32. The number of hydrogen-bond donors (Lipinski definition) is 0. The zero-order chi connectivity index (χ0) is 10.8. The molecular formula is C11H9NO3. The van der Waals surface area contributed by atoms with Gasteiger partial charge in [-0.2, -0.15) is 5.26 Å². The quantitative estimate of drug-likeness (QED) is 0.645. The summed E-state index contributed by atoms with van der Waals surface area (Å²) in [6, 6.07) is 5.27. The molecule has 4 heteroatoms. The maximum absolute atomic E-state index is 11.4. The number of esters is 1. The van der Waals surface area contributed by atoms with Crippen molar-refractivity contribution >= 4 is 5.97 Å². The summed E-state index contributed by atoms with van der Waals surface area (Å²) < 4.78 is 9.98. The average Bonchev–Trinajstić information content (AvgIpc) is 2.75. The van der Waals surface area contributed by atoms with E-state index in [1.165, 1.54) is 7.11 Å². The second kappa shape index (κ2) is 3.62. The Kier molecular flexibility index (Phi) is 2.30. The smallest absolute Gasteiger partial charge is 0.341 e. The molecule has 0 bridgehead atoms. The van der Waals surface area contributed by atoms with Crippen LogP contribution in [0.5, 0.6) is 5.75 Å². The molecule has 2 rings (SSSR count). The molecule has 0 radical (unpaired) electrons. The van der Waals surface area contributed by atoms with Crippen molar-refractivity contribution in [3.8, 4) is 11.8 Å². The largest absolute Gasteiger partial charge is 0.492 e. The Bertz CT molecular complexity index is 460. The highest BCUT2D eigenvalue weighted by atomic mass is 16.5. The van der Waals surface area contributed by atoms with E-state index in [0.29, 0.717) is 29.9 Å². The third-order valence-corrected chi connectivity index (χ3v) is 2.38. The maximum atomic E-state index is 11.4. The summed E-state index contributed by atoms with van der Waals surface area (Å²) in [6.45, 7) is 0.512. The van der Waals surface area contributed by atoms with Crippen molar-refractivity contribution in [3.63, 3.8) is 0 Å². The molecule has 0 amide bonds. The number of carbonyl (C=O) groups excluding carboxylic acids is 1. The normalized spacial score (nSPS) is 12.5. The van der Waals surface area contributed by atoms with E-state index < -0.39 is 5.97 Å². The van der Waals surface area contributed by atoms with E-state index >= 15 is 0 Å². The highest BCUT2D eigenvalue weighted by Gasteiger charge is 2.23. The van der Waals surface area contributed by atoms with Gasteiger partial charge in [0.05, 0.1) is 25.3 Å². The second-order valence-corrected chi connectivity index (χ2v) is 3.17. The van der Waals surface area contributed by atoms with Crippen LogP contribution in [0.15, 0.2) is 12.1 Å². The van der Waals surface area contributed by atoms with Crippen LogP contribution in [0.3, 0.4) is 0 Å². The third kappa shape index (κ3) is 1.42. The Hall–Kier alpha value is -2.02. The fourth-order valence-corrected chi connectivity index (χ4v) is 1.67. The van der Waals surface area contributed by atoms with Gasteiger partial charge in [-0.3, -0.25) is 0 Å². The molecule has 1 aromatic carbocycles. The van der Waals surface area contributed by atoms with Crippen LogP contribution in [-0.4, -0.2) is 19.7 Å². The lowest BCUT2D eigenvalue weighted by Gasteiger charge is -2.06. The molecule has 0 N–H and O–H groups in total. The summed E-state index contributed by atoms with van der Waals surface area (Å²) in [5, 5.41) is 8.87. The summed E-state index contributed by atoms with van der Waals surface area (Å²) in [6.07, 6.45) is 0.670. The molecule has 0 fully saturated rings. The number of nitriles is 1. The van der Waals surface area contributed by atoms with E-state index in [2.05, 4.69) is 10.8 Å². The molecule has 76 valence electrons. The SMILES string of the molecule is COC(=O)c1ccc(C#N)c2c1OCC2. The van der Waals surface area contributed by atoms with Crippen LogP contribution in [0.25, 0.3) is 0 Å². The molecule has 0 aromatic heterocycles. The minimum Gasteiger partial charge on any atom is -0.492 e. The molecule has 1 aliphatic rings. The molecule has 0 spiro atoms. The monoisotopic (exact) mass is 203 g/mol. The Balaban J connectivity index is 2.58. The molecule has 0 saturated heterocycles. The van der Waals surface area contributed by atoms with Gasteiger partial charge in [-0.15, -0.1) is 0 Å². The van der Waals surface area contributed by atoms with E-state index in [0.717, 1.165) is 5.56 Å². The molecule has 1 heterocycles. The van der Waals surface area contributed by atoms with Crippen molar-refractivity contribution in [3.05, 3.63) is 28.8 Å². The Labute approximate surface area is 87.0 Å². The van der Waals surface area contributed by atoms with Gasteiger partial charge >= 0.3 is 5.97 Å². The summed E-state index contributed by atoms with van der Waals surface area (Å²) in [5.74, 6) is 0.0681. The number of hydrogen-bond acceptors (Lipinski definition) is 4. The summed E-state index contributed by atoms with van der Waals surface area (Å²) >= 11 is 0. The zero-order valence-corrected chi connectivity index (χ0v) is 8.24. The van der Waals surface area contributed by atoms with Crippen molar-refractivity contribution in [2.45, 2.75) is 6.42 Å². The lowest BCUT2D eigenvalue weighted by atomic mass is 10.0. The van der Waals surface area contributed by atoms with Crippen LogP contribution in [0.4, 0.5) is 0 Å². The Morgan fingerprint density at radius 3 is 3.07 bits per heavy atom. The first-order valence-corrected chi connectivity index (χ1v) is 4.55. The molecule has 0 aliphatic carbocycles. The van der Waals surface area contributed by atoms with Crippen molar-refractivity contribution in [1.82, 2.24) is 0 Å². The van der Waals surface area contributed by atoms with Gasteiger partial charge in [0.1, 0.15) is 11.3 Å². The summed E-state index contributed by atoms with van der Waals surface area (Å²) in [5.41, 5.74) is 1.76. The first kappa shape index (κ1) is 9.53. The van der Waals surface area contributed by atoms with Gasteiger partial charge in [0.15, 0.2) is 0 Å². The molecule has 0 saturated carbocycles. The van der Waals surface area contributed by atoms with Crippen molar-refractivity contribution < 1.29 is 14.3 Å². The number of carbonyl (C=O) groups is 1. The first-order valence-electron chi connectivity index (χ1n) is 4.55. The lowest BCUT2D eigenvalue weighted by molar-refractivity contribution is 0.0597. The van der Waals surface area contributed by atoms with Crippen LogP contribution >= 0.6 is 0 Å². The number of benzene rings is 1. The maximum Gasteiger partial charge on any atom is 0.341 e. The predicted molar refractivity (Wildman–Crippen MR) is 51.7 cm³/mol. The highest BCUT2D eigenvalue weighted by Crippen LogP contribution is 2.32. The second-order valence-electron chi connectivity index (χ2n) is 3.17. The molecule has 0 unspecified atom stereocenters. The lowest BCUT2D eigenvalue weighted by Crippen LogP contribution is -2.04.